The van der Waals surface area contributed by atoms with Crippen LogP contribution in [0.1, 0.15) is 23.1 Å². The first kappa shape index (κ1) is 9.97. The minimum absolute atomic E-state index is 0.101. The molecule has 2 N–H and O–H groups in total. The van der Waals surface area contributed by atoms with Crippen LogP contribution in [0.2, 0.25) is 0 Å². The van der Waals surface area contributed by atoms with E-state index in [1.807, 2.05) is 19.1 Å². The maximum absolute atomic E-state index is 13.6. The van der Waals surface area contributed by atoms with Gasteiger partial charge in [0, 0.05) is 5.70 Å². The summed E-state index contributed by atoms with van der Waals surface area (Å²) in [5, 5.41) is 0. The van der Waals surface area contributed by atoms with E-state index in [1.54, 1.807) is 6.07 Å². The smallest absolute Gasteiger partial charge is 0.127 e. The van der Waals surface area contributed by atoms with Gasteiger partial charge in [0.1, 0.15) is 5.82 Å². The van der Waals surface area contributed by atoms with Crippen LogP contribution in [0.3, 0.4) is 0 Å². The van der Waals surface area contributed by atoms with Gasteiger partial charge in [-0.1, -0.05) is 12.6 Å². The maximum Gasteiger partial charge on any atom is 0.127 e. The number of hydrogen-bond donors (Lipinski definition) is 1. The fourth-order valence-electron chi connectivity index (χ4n) is 2.08. The molecule has 0 saturated heterocycles. The van der Waals surface area contributed by atoms with Crippen LogP contribution < -0.4 is 5.73 Å². The largest absolute Gasteiger partial charge is 0.399 e. The monoisotopic (exact) mass is 203 g/mol. The number of allylic oxidation sites excluding steroid dienone is 2. The first-order valence-corrected chi connectivity index (χ1v) is 5.02. The van der Waals surface area contributed by atoms with E-state index in [2.05, 4.69) is 6.58 Å². The molecule has 0 amide bonds. The Balaban J connectivity index is 2.55. The number of nitrogens with two attached hydrogens (primary N) is 1. The third-order valence-corrected chi connectivity index (χ3v) is 2.69. The quantitative estimate of drug-likeness (QED) is 0.746. The van der Waals surface area contributed by atoms with Gasteiger partial charge in [-0.3, -0.25) is 0 Å². The number of halogens is 1. The van der Waals surface area contributed by atoms with Crippen LogP contribution in [0, 0.1) is 12.7 Å². The molecule has 0 radical (unpaired) electrons. The highest BCUT2D eigenvalue weighted by Crippen LogP contribution is 2.34. The predicted molar refractivity (Wildman–Crippen MR) is 60.8 cm³/mol. The summed E-state index contributed by atoms with van der Waals surface area (Å²) in [5.74, 6) is -0.101. The Morgan fingerprint density at radius 3 is 2.87 bits per heavy atom. The van der Waals surface area contributed by atoms with Gasteiger partial charge in [0.2, 0.25) is 0 Å². The van der Waals surface area contributed by atoms with Crippen molar-refractivity contribution in [2.75, 3.05) is 0 Å². The number of fused-ring (bicyclic) bond motifs is 1. The molecule has 1 aromatic carbocycles. The van der Waals surface area contributed by atoms with E-state index in [9.17, 15) is 4.39 Å². The Morgan fingerprint density at radius 2 is 2.20 bits per heavy atom. The minimum atomic E-state index is -0.101. The van der Waals surface area contributed by atoms with Crippen molar-refractivity contribution in [1.82, 2.24) is 0 Å². The normalized spacial score (nSPS) is 16.8. The average molecular weight is 203 g/mol. The maximum atomic E-state index is 13.6. The lowest BCUT2D eigenvalue weighted by molar-refractivity contribution is 0.611. The van der Waals surface area contributed by atoms with Crippen LogP contribution >= 0.6 is 0 Å². The number of aryl methyl sites for hydroxylation is 1. The molecule has 0 aromatic heterocycles. The van der Waals surface area contributed by atoms with Crippen molar-refractivity contribution in [3.63, 3.8) is 0 Å². The second kappa shape index (κ2) is 3.54. The lowest BCUT2D eigenvalue weighted by atomic mass is 10.0. The van der Waals surface area contributed by atoms with Gasteiger partial charge in [0.25, 0.3) is 0 Å². The number of rotatable bonds is 1. The van der Waals surface area contributed by atoms with Gasteiger partial charge in [-0.15, -0.1) is 0 Å². The van der Waals surface area contributed by atoms with Crippen LogP contribution in [0.25, 0.3) is 5.57 Å². The van der Waals surface area contributed by atoms with Crippen LogP contribution in [-0.4, -0.2) is 0 Å². The SMILES string of the molecule is C=C(N)/C=C1\CCc2c(F)cc(C)cc21. The summed E-state index contributed by atoms with van der Waals surface area (Å²) in [6, 6.07) is 3.60. The van der Waals surface area contributed by atoms with Crippen molar-refractivity contribution in [2.45, 2.75) is 19.8 Å². The van der Waals surface area contributed by atoms with Crippen LogP contribution in [0.15, 0.2) is 30.5 Å². The standard InChI is InChI=1S/C13H14FN/c1-8-5-12-10(7-9(2)15)3-4-11(12)13(14)6-8/h5-7H,2-4,15H2,1H3/b10-7+. The summed E-state index contributed by atoms with van der Waals surface area (Å²) in [7, 11) is 0. The molecule has 0 aliphatic heterocycles. The molecule has 0 atom stereocenters. The molecule has 1 aromatic rings. The third kappa shape index (κ3) is 1.80. The summed E-state index contributed by atoms with van der Waals surface area (Å²) in [4.78, 5) is 0. The Hall–Kier alpha value is -1.57. The minimum Gasteiger partial charge on any atom is -0.399 e. The van der Waals surface area contributed by atoms with Gasteiger partial charge in [-0.25, -0.2) is 4.39 Å². The van der Waals surface area contributed by atoms with Gasteiger partial charge >= 0.3 is 0 Å². The summed E-state index contributed by atoms with van der Waals surface area (Å²) in [5.41, 5.74) is 9.92. The predicted octanol–water partition coefficient (Wildman–Crippen LogP) is 2.94. The molecule has 78 valence electrons. The molecule has 0 bridgehead atoms. The van der Waals surface area contributed by atoms with Crippen molar-refractivity contribution in [3.05, 3.63) is 53.0 Å². The van der Waals surface area contributed by atoms with E-state index >= 15 is 0 Å². The summed E-state index contributed by atoms with van der Waals surface area (Å²) < 4.78 is 13.6. The average Bonchev–Trinajstić information content (AvgIpc) is 2.48. The highest BCUT2D eigenvalue weighted by Gasteiger charge is 2.19. The number of hydrogen-bond acceptors (Lipinski definition) is 1. The topological polar surface area (TPSA) is 26.0 Å². The molecular weight excluding hydrogens is 189 g/mol. The first-order valence-electron chi connectivity index (χ1n) is 5.02. The summed E-state index contributed by atoms with van der Waals surface area (Å²) >= 11 is 0. The Labute approximate surface area is 89.1 Å². The molecule has 0 spiro atoms. The van der Waals surface area contributed by atoms with Gasteiger partial charge in [-0.05, 0) is 54.2 Å². The van der Waals surface area contributed by atoms with E-state index in [0.717, 1.165) is 35.1 Å². The summed E-state index contributed by atoms with van der Waals surface area (Å²) in [6.07, 6.45) is 3.46. The zero-order valence-electron chi connectivity index (χ0n) is 8.81. The fraction of sp³-hybridized carbons (Fsp3) is 0.231. The van der Waals surface area contributed by atoms with Crippen LogP contribution in [0.5, 0.6) is 0 Å². The molecule has 0 fully saturated rings. The van der Waals surface area contributed by atoms with E-state index in [0.29, 0.717) is 5.70 Å². The fourth-order valence-corrected chi connectivity index (χ4v) is 2.08. The Kier molecular flexibility index (Phi) is 2.35. The van der Waals surface area contributed by atoms with Crippen molar-refractivity contribution in [2.24, 2.45) is 5.73 Å². The lowest BCUT2D eigenvalue weighted by Gasteiger charge is -2.04. The van der Waals surface area contributed by atoms with Gasteiger partial charge < -0.3 is 5.73 Å². The Bertz CT molecular complexity index is 458. The first-order chi connectivity index (χ1) is 7.08. The molecular formula is C13H14FN. The third-order valence-electron chi connectivity index (χ3n) is 2.69. The van der Waals surface area contributed by atoms with Crippen molar-refractivity contribution in [1.29, 1.82) is 0 Å². The molecule has 1 aliphatic carbocycles. The van der Waals surface area contributed by atoms with E-state index in [1.165, 1.54) is 0 Å². The molecule has 1 nitrogen and oxygen atoms in total. The lowest BCUT2D eigenvalue weighted by Crippen LogP contribution is -1.92. The number of benzene rings is 1. The molecule has 0 unspecified atom stereocenters. The van der Waals surface area contributed by atoms with E-state index < -0.39 is 0 Å². The van der Waals surface area contributed by atoms with E-state index in [-0.39, 0.29) is 5.82 Å². The molecule has 0 heterocycles. The van der Waals surface area contributed by atoms with Crippen molar-refractivity contribution in [3.8, 4) is 0 Å². The van der Waals surface area contributed by atoms with Crippen LogP contribution in [-0.2, 0) is 6.42 Å². The molecule has 15 heavy (non-hydrogen) atoms. The van der Waals surface area contributed by atoms with Gasteiger partial charge in [0.05, 0.1) is 0 Å². The second-order valence-electron chi connectivity index (χ2n) is 4.02. The van der Waals surface area contributed by atoms with Crippen molar-refractivity contribution < 1.29 is 4.39 Å². The highest BCUT2D eigenvalue weighted by atomic mass is 19.1. The van der Waals surface area contributed by atoms with E-state index in [4.69, 9.17) is 5.73 Å². The van der Waals surface area contributed by atoms with Crippen LogP contribution in [0.4, 0.5) is 4.39 Å². The Morgan fingerprint density at radius 1 is 1.47 bits per heavy atom. The van der Waals surface area contributed by atoms with Gasteiger partial charge in [0.15, 0.2) is 0 Å². The van der Waals surface area contributed by atoms with Crippen molar-refractivity contribution >= 4 is 5.57 Å². The highest BCUT2D eigenvalue weighted by molar-refractivity contribution is 5.74. The molecule has 2 rings (SSSR count). The molecule has 2 heteroatoms. The summed E-state index contributed by atoms with van der Waals surface area (Å²) in [6.45, 7) is 5.54. The zero-order chi connectivity index (χ0) is 11.0. The molecule has 0 saturated carbocycles. The zero-order valence-corrected chi connectivity index (χ0v) is 8.81. The van der Waals surface area contributed by atoms with Gasteiger partial charge in [-0.2, -0.15) is 0 Å². The molecule has 1 aliphatic rings. The second-order valence-corrected chi connectivity index (χ2v) is 4.02.